The molecule has 1 aromatic rings. The summed E-state index contributed by atoms with van der Waals surface area (Å²) in [5.41, 5.74) is 0. The molecule has 1 aliphatic heterocycles. The van der Waals surface area contributed by atoms with Gasteiger partial charge >= 0.3 is 0 Å². The molecule has 0 spiro atoms. The second-order valence-electron chi connectivity index (χ2n) is 4.58. The van der Waals surface area contributed by atoms with Crippen molar-refractivity contribution in [1.82, 2.24) is 9.62 Å². The first-order valence-electron chi connectivity index (χ1n) is 6.00. The molecular weight excluding hydrogens is 428 g/mol. The van der Waals surface area contributed by atoms with Gasteiger partial charge in [0.15, 0.2) is 0 Å². The van der Waals surface area contributed by atoms with Gasteiger partial charge in [-0.3, -0.25) is 14.5 Å². The van der Waals surface area contributed by atoms with Crippen molar-refractivity contribution in [3.8, 4) is 0 Å². The zero-order valence-corrected chi connectivity index (χ0v) is 15.0. The highest BCUT2D eigenvalue weighted by atomic mass is 79.9. The molecule has 1 aromatic carbocycles. The molecule has 0 radical (unpaired) electrons. The number of carbonyl (C=O) groups excluding carboxylic acids is 2. The predicted octanol–water partition coefficient (Wildman–Crippen LogP) is 1.64. The molecule has 114 valence electrons. The number of likely N-dealkylation sites (N-methyl/N-ethyl adjacent to an activating group) is 1. The van der Waals surface area contributed by atoms with E-state index in [1.165, 1.54) is 13.1 Å². The molecular formula is C12H12Br2N2O4S. The van der Waals surface area contributed by atoms with Gasteiger partial charge in [0.25, 0.3) is 0 Å². The molecule has 21 heavy (non-hydrogen) atoms. The summed E-state index contributed by atoms with van der Waals surface area (Å²) in [6, 6.07) is 3.80. The van der Waals surface area contributed by atoms with Gasteiger partial charge in [-0.15, -0.1) is 0 Å². The average Bonchev–Trinajstić information content (AvgIpc) is 2.42. The number of nitrogens with one attached hydrogen (secondary N) is 1. The number of benzene rings is 1. The van der Waals surface area contributed by atoms with Crippen LogP contribution < -0.4 is 4.72 Å². The van der Waals surface area contributed by atoms with Gasteiger partial charge in [0.1, 0.15) is 6.04 Å². The Morgan fingerprint density at radius 2 is 1.95 bits per heavy atom. The van der Waals surface area contributed by atoms with Crippen molar-refractivity contribution in [2.45, 2.75) is 23.8 Å². The number of hydrogen-bond acceptors (Lipinski definition) is 4. The summed E-state index contributed by atoms with van der Waals surface area (Å²) in [7, 11) is -2.53. The van der Waals surface area contributed by atoms with E-state index in [0.717, 1.165) is 4.90 Å². The monoisotopic (exact) mass is 438 g/mol. The van der Waals surface area contributed by atoms with Crippen molar-refractivity contribution in [2.24, 2.45) is 0 Å². The number of imide groups is 1. The van der Waals surface area contributed by atoms with Crippen molar-refractivity contribution in [1.29, 1.82) is 0 Å². The molecule has 9 heteroatoms. The van der Waals surface area contributed by atoms with E-state index in [1.807, 2.05) is 0 Å². The fraction of sp³-hybridized carbons (Fsp3) is 0.333. The minimum Gasteiger partial charge on any atom is -0.284 e. The van der Waals surface area contributed by atoms with Gasteiger partial charge in [-0.05, 0) is 40.5 Å². The largest absolute Gasteiger partial charge is 0.284 e. The Morgan fingerprint density at radius 3 is 2.62 bits per heavy atom. The summed E-state index contributed by atoms with van der Waals surface area (Å²) in [5.74, 6) is -0.847. The van der Waals surface area contributed by atoms with Crippen LogP contribution in [0.5, 0.6) is 0 Å². The van der Waals surface area contributed by atoms with Crippen LogP contribution >= 0.6 is 31.9 Å². The van der Waals surface area contributed by atoms with E-state index in [9.17, 15) is 18.0 Å². The lowest BCUT2D eigenvalue weighted by molar-refractivity contribution is -0.147. The Morgan fingerprint density at radius 1 is 1.29 bits per heavy atom. The van der Waals surface area contributed by atoms with E-state index in [1.54, 1.807) is 12.1 Å². The van der Waals surface area contributed by atoms with Crippen LogP contribution in [0.3, 0.4) is 0 Å². The smallest absolute Gasteiger partial charge is 0.247 e. The van der Waals surface area contributed by atoms with E-state index in [4.69, 9.17) is 0 Å². The molecule has 0 saturated carbocycles. The number of piperidine rings is 1. The number of sulfonamides is 1. The lowest BCUT2D eigenvalue weighted by Crippen LogP contribution is -2.52. The third kappa shape index (κ3) is 3.53. The number of hydrogen-bond donors (Lipinski definition) is 1. The number of nitrogens with zero attached hydrogens (tertiary/aromatic N) is 1. The zero-order chi connectivity index (χ0) is 15.8. The first-order valence-corrected chi connectivity index (χ1v) is 9.07. The van der Waals surface area contributed by atoms with Crippen molar-refractivity contribution in [2.75, 3.05) is 7.05 Å². The van der Waals surface area contributed by atoms with Crippen molar-refractivity contribution >= 4 is 53.7 Å². The summed E-state index contributed by atoms with van der Waals surface area (Å²) >= 11 is 6.39. The third-order valence-corrected chi connectivity index (χ3v) is 6.09. The molecule has 1 heterocycles. The number of rotatable bonds is 3. The zero-order valence-electron chi connectivity index (χ0n) is 11.0. The molecule has 1 fully saturated rings. The van der Waals surface area contributed by atoms with Gasteiger partial charge in [-0.25, -0.2) is 8.42 Å². The van der Waals surface area contributed by atoms with E-state index in [2.05, 4.69) is 36.6 Å². The van der Waals surface area contributed by atoms with Crippen molar-refractivity contribution in [3.05, 3.63) is 27.1 Å². The molecule has 0 aromatic heterocycles. The van der Waals surface area contributed by atoms with E-state index in [-0.39, 0.29) is 23.6 Å². The Balaban J connectivity index is 2.28. The highest BCUT2D eigenvalue weighted by molar-refractivity contribution is 9.11. The van der Waals surface area contributed by atoms with E-state index >= 15 is 0 Å². The van der Waals surface area contributed by atoms with Gasteiger partial charge < -0.3 is 0 Å². The highest BCUT2D eigenvalue weighted by Crippen LogP contribution is 2.26. The Labute approximate surface area is 139 Å². The lowest BCUT2D eigenvalue weighted by atomic mass is 10.1. The molecule has 2 amide bonds. The second-order valence-corrected chi connectivity index (χ2v) is 8.03. The molecule has 1 saturated heterocycles. The number of amides is 2. The van der Waals surface area contributed by atoms with E-state index < -0.39 is 22.0 Å². The molecule has 1 unspecified atom stereocenters. The molecule has 2 rings (SSSR count). The quantitative estimate of drug-likeness (QED) is 0.725. The fourth-order valence-corrected chi connectivity index (χ4v) is 4.68. The summed E-state index contributed by atoms with van der Waals surface area (Å²) in [6.07, 6.45) is 0.294. The first kappa shape index (κ1) is 16.6. The van der Waals surface area contributed by atoms with Crippen LogP contribution in [0.25, 0.3) is 0 Å². The maximum Gasteiger partial charge on any atom is 0.247 e. The number of likely N-dealkylation sites (tertiary alicyclic amines) is 1. The molecule has 1 atom stereocenters. The van der Waals surface area contributed by atoms with Crippen LogP contribution in [0.4, 0.5) is 0 Å². The lowest BCUT2D eigenvalue weighted by Gasteiger charge is -2.28. The van der Waals surface area contributed by atoms with E-state index in [0.29, 0.717) is 8.95 Å². The Bertz CT molecular complexity index is 705. The van der Waals surface area contributed by atoms with Gasteiger partial charge in [0.05, 0.1) is 4.90 Å². The summed E-state index contributed by atoms with van der Waals surface area (Å²) in [4.78, 5) is 24.3. The van der Waals surface area contributed by atoms with Crippen LogP contribution in [0, 0.1) is 0 Å². The van der Waals surface area contributed by atoms with Gasteiger partial charge in [-0.2, -0.15) is 4.72 Å². The molecule has 1 N–H and O–H groups in total. The Hall–Kier alpha value is -0.770. The average molecular weight is 440 g/mol. The van der Waals surface area contributed by atoms with Crippen LogP contribution in [-0.2, 0) is 19.6 Å². The predicted molar refractivity (Wildman–Crippen MR) is 83.0 cm³/mol. The van der Waals surface area contributed by atoms with Crippen molar-refractivity contribution < 1.29 is 18.0 Å². The topological polar surface area (TPSA) is 83.6 Å². The van der Waals surface area contributed by atoms with Gasteiger partial charge in [0, 0.05) is 22.4 Å². The minimum atomic E-state index is -3.87. The van der Waals surface area contributed by atoms with Crippen LogP contribution in [0.15, 0.2) is 32.0 Å². The van der Waals surface area contributed by atoms with Gasteiger partial charge in [0.2, 0.25) is 21.8 Å². The summed E-state index contributed by atoms with van der Waals surface area (Å²) in [6.45, 7) is 0. The number of halogens is 2. The Kier molecular flexibility index (Phi) is 4.86. The van der Waals surface area contributed by atoms with Crippen LogP contribution in [-0.4, -0.2) is 38.2 Å². The van der Waals surface area contributed by atoms with Crippen molar-refractivity contribution in [3.63, 3.8) is 0 Å². The standard InChI is InChI=1S/C12H12Br2N2O4S/c1-16-11(17)5-4-9(12(16)18)15-21(19,20)10-6-7(13)2-3-8(10)14/h2-3,6,9,15H,4-5H2,1H3. The molecule has 0 aliphatic carbocycles. The molecule has 6 nitrogen and oxygen atoms in total. The third-order valence-electron chi connectivity index (χ3n) is 3.13. The highest BCUT2D eigenvalue weighted by Gasteiger charge is 2.35. The molecule has 0 bridgehead atoms. The first-order chi connectivity index (χ1) is 9.72. The minimum absolute atomic E-state index is 0.0317. The maximum atomic E-state index is 12.4. The summed E-state index contributed by atoms with van der Waals surface area (Å²) < 4.78 is 28.1. The maximum absolute atomic E-state index is 12.4. The van der Waals surface area contributed by atoms with Crippen LogP contribution in [0.2, 0.25) is 0 Å². The summed E-state index contributed by atoms with van der Waals surface area (Å²) in [5, 5.41) is 0. The fourth-order valence-electron chi connectivity index (χ4n) is 1.96. The van der Waals surface area contributed by atoms with Gasteiger partial charge in [-0.1, -0.05) is 15.9 Å². The second kappa shape index (κ2) is 6.15. The SMILES string of the molecule is CN1C(=O)CCC(NS(=O)(=O)c2cc(Br)ccc2Br)C1=O. The van der Waals surface area contributed by atoms with Crippen LogP contribution in [0.1, 0.15) is 12.8 Å². The molecule has 1 aliphatic rings. The number of carbonyl (C=O) groups is 2. The normalized spacial score (nSPS) is 20.0.